The van der Waals surface area contributed by atoms with Crippen molar-refractivity contribution in [3.63, 3.8) is 0 Å². The van der Waals surface area contributed by atoms with Crippen LogP contribution in [-0.4, -0.2) is 47.1 Å². The van der Waals surface area contributed by atoms with Crippen molar-refractivity contribution in [2.24, 2.45) is 0 Å². The van der Waals surface area contributed by atoms with Gasteiger partial charge in [0, 0.05) is 42.6 Å². The molecule has 0 spiro atoms. The van der Waals surface area contributed by atoms with Crippen LogP contribution in [-0.2, 0) is 16.4 Å². The molecule has 31 heavy (non-hydrogen) atoms. The number of nitrogens with one attached hydrogen (secondary N) is 2. The average Bonchev–Trinajstić information content (AvgIpc) is 3.39. The molecule has 6 rings (SSSR count). The number of fused-ring (bicyclic) bond motifs is 2. The van der Waals surface area contributed by atoms with Crippen molar-refractivity contribution in [3.05, 3.63) is 53.2 Å². The van der Waals surface area contributed by atoms with E-state index in [0.29, 0.717) is 13.1 Å². The van der Waals surface area contributed by atoms with Crippen LogP contribution in [0.3, 0.4) is 0 Å². The second-order valence-corrected chi connectivity index (χ2v) is 11.5. The van der Waals surface area contributed by atoms with Crippen LogP contribution in [0.2, 0.25) is 0 Å². The Balaban J connectivity index is 1.19. The summed E-state index contributed by atoms with van der Waals surface area (Å²) in [6, 6.07) is 8.38. The summed E-state index contributed by atoms with van der Waals surface area (Å²) in [6.45, 7) is 1.06. The van der Waals surface area contributed by atoms with Crippen molar-refractivity contribution >= 4 is 48.8 Å². The number of benzene rings is 1. The number of hydrogen-bond acceptors (Lipinski definition) is 7. The van der Waals surface area contributed by atoms with Crippen LogP contribution in [0, 0.1) is 0 Å². The first-order chi connectivity index (χ1) is 15.1. The summed E-state index contributed by atoms with van der Waals surface area (Å²) in [6.07, 6.45) is 7.15. The molecule has 160 valence electrons. The number of sulfonamides is 1. The molecule has 3 aliphatic rings. The van der Waals surface area contributed by atoms with Crippen LogP contribution in [0.4, 0.5) is 17.2 Å². The molecule has 0 bridgehead atoms. The molecule has 1 saturated carbocycles. The van der Waals surface area contributed by atoms with Crippen LogP contribution in [0.15, 0.2) is 47.6 Å². The van der Waals surface area contributed by atoms with Crippen molar-refractivity contribution in [2.45, 2.75) is 37.0 Å². The van der Waals surface area contributed by atoms with Gasteiger partial charge in [0.2, 0.25) is 10.0 Å². The van der Waals surface area contributed by atoms with E-state index in [9.17, 15) is 8.42 Å². The molecule has 9 heteroatoms. The highest BCUT2D eigenvalue weighted by Crippen LogP contribution is 2.37. The topological polar surface area (TPSA) is 87.2 Å². The van der Waals surface area contributed by atoms with Gasteiger partial charge in [-0.15, -0.1) is 11.3 Å². The highest BCUT2D eigenvalue weighted by molar-refractivity contribution is 7.90. The highest BCUT2D eigenvalue weighted by Gasteiger charge is 2.40. The molecule has 1 aromatic carbocycles. The summed E-state index contributed by atoms with van der Waals surface area (Å²) in [5.74, 6) is 0.905. The van der Waals surface area contributed by atoms with E-state index in [4.69, 9.17) is 0 Å². The van der Waals surface area contributed by atoms with Gasteiger partial charge in [0.15, 0.2) is 0 Å². The minimum atomic E-state index is -3.10. The highest BCUT2D eigenvalue weighted by atomic mass is 32.2. The van der Waals surface area contributed by atoms with Crippen LogP contribution >= 0.6 is 11.3 Å². The van der Waals surface area contributed by atoms with Crippen molar-refractivity contribution in [1.29, 1.82) is 0 Å². The van der Waals surface area contributed by atoms with Crippen LogP contribution in [0.25, 0.3) is 10.2 Å². The predicted octanol–water partition coefficient (Wildman–Crippen LogP) is 3.90. The monoisotopic (exact) mass is 453 g/mol. The van der Waals surface area contributed by atoms with Gasteiger partial charge in [-0.05, 0) is 49.1 Å². The molecule has 2 aromatic heterocycles. The first-order valence-electron chi connectivity index (χ1n) is 10.6. The Labute approximate surface area is 185 Å². The fraction of sp³-hybridized carbons (Fsp3) is 0.364. The van der Waals surface area contributed by atoms with E-state index in [2.05, 4.69) is 32.7 Å². The van der Waals surface area contributed by atoms with E-state index >= 15 is 0 Å². The van der Waals surface area contributed by atoms with Crippen molar-refractivity contribution in [2.75, 3.05) is 23.7 Å². The third kappa shape index (κ3) is 3.50. The standard InChI is InChI=1S/C22H23N5O2S2/c28-31(29,16-2-3-16)27-9-6-14(7-10-27)20-12-17-18(5-8-23-22(17)26-20)25-15-1-4-19-21(11-15)30-13-24-19/h1,4-6,8,11,13,16,20H,2-3,7,9-10,12H2,(H2,23,25,26). The third-order valence-corrected chi connectivity index (χ3v) is 9.50. The van der Waals surface area contributed by atoms with Crippen molar-refractivity contribution in [1.82, 2.24) is 14.3 Å². The molecule has 2 aliphatic heterocycles. The van der Waals surface area contributed by atoms with Gasteiger partial charge in [-0.25, -0.2) is 18.4 Å². The quantitative estimate of drug-likeness (QED) is 0.570. The molecule has 0 radical (unpaired) electrons. The second-order valence-electron chi connectivity index (χ2n) is 8.38. The Morgan fingerprint density at radius 1 is 1.19 bits per heavy atom. The maximum Gasteiger partial charge on any atom is 0.217 e. The minimum Gasteiger partial charge on any atom is -0.363 e. The molecule has 0 saturated heterocycles. The summed E-state index contributed by atoms with van der Waals surface area (Å²) in [7, 11) is -3.10. The maximum atomic E-state index is 12.5. The van der Waals surface area contributed by atoms with Gasteiger partial charge in [0.1, 0.15) is 5.82 Å². The molecule has 3 aromatic rings. The Morgan fingerprint density at radius 2 is 2.10 bits per heavy atom. The molecule has 1 unspecified atom stereocenters. The number of hydrogen-bond donors (Lipinski definition) is 2. The lowest BCUT2D eigenvalue weighted by Gasteiger charge is -2.28. The molecular weight excluding hydrogens is 430 g/mol. The number of rotatable bonds is 5. The van der Waals surface area contributed by atoms with Gasteiger partial charge in [-0.1, -0.05) is 6.08 Å². The zero-order valence-corrected chi connectivity index (χ0v) is 18.5. The summed E-state index contributed by atoms with van der Waals surface area (Å²) >= 11 is 1.63. The van der Waals surface area contributed by atoms with Crippen LogP contribution < -0.4 is 10.6 Å². The Morgan fingerprint density at radius 3 is 2.90 bits per heavy atom. The van der Waals surface area contributed by atoms with E-state index in [1.165, 1.54) is 11.1 Å². The summed E-state index contributed by atoms with van der Waals surface area (Å²) < 4.78 is 27.8. The maximum absolute atomic E-state index is 12.5. The lowest BCUT2D eigenvalue weighted by Crippen LogP contribution is -2.38. The van der Waals surface area contributed by atoms with E-state index in [-0.39, 0.29) is 11.3 Å². The number of anilines is 3. The Kier molecular flexibility index (Phi) is 4.52. The molecule has 1 atom stereocenters. The summed E-state index contributed by atoms with van der Waals surface area (Å²) in [4.78, 5) is 8.88. The number of nitrogens with zero attached hydrogens (tertiary/aromatic N) is 3. The summed E-state index contributed by atoms with van der Waals surface area (Å²) in [5.41, 5.74) is 7.41. The van der Waals surface area contributed by atoms with E-state index < -0.39 is 10.0 Å². The van der Waals surface area contributed by atoms with Gasteiger partial charge in [-0.2, -0.15) is 4.31 Å². The van der Waals surface area contributed by atoms with Gasteiger partial charge in [0.25, 0.3) is 0 Å². The third-order valence-electron chi connectivity index (χ3n) is 6.35. The fourth-order valence-electron chi connectivity index (χ4n) is 4.46. The van der Waals surface area contributed by atoms with Gasteiger partial charge < -0.3 is 10.6 Å². The number of pyridine rings is 1. The summed E-state index contributed by atoms with van der Waals surface area (Å²) in [5, 5.41) is 6.96. The largest absolute Gasteiger partial charge is 0.363 e. The van der Waals surface area contributed by atoms with Gasteiger partial charge in [-0.3, -0.25) is 0 Å². The number of thiazole rings is 1. The van der Waals surface area contributed by atoms with Crippen LogP contribution in [0.1, 0.15) is 24.8 Å². The first-order valence-corrected chi connectivity index (χ1v) is 13.0. The molecule has 1 aliphatic carbocycles. The smallest absolute Gasteiger partial charge is 0.217 e. The first kappa shape index (κ1) is 19.2. The molecule has 7 nitrogen and oxygen atoms in total. The molecule has 1 fully saturated rings. The van der Waals surface area contributed by atoms with Crippen LogP contribution in [0.5, 0.6) is 0 Å². The molecule has 4 heterocycles. The van der Waals surface area contributed by atoms with Crippen molar-refractivity contribution < 1.29 is 8.42 Å². The molecule has 2 N–H and O–H groups in total. The van der Waals surface area contributed by atoms with E-state index in [1.807, 2.05) is 29.9 Å². The Bertz CT molecular complexity index is 1300. The predicted molar refractivity (Wildman–Crippen MR) is 124 cm³/mol. The van der Waals surface area contributed by atoms with E-state index in [0.717, 1.165) is 53.1 Å². The Hall–Kier alpha value is -2.49. The lowest BCUT2D eigenvalue weighted by molar-refractivity contribution is 0.425. The SMILES string of the molecule is O=S(=O)(C1CC1)N1CC=C(C2Cc3c(Nc4ccc5ncsc5c4)ccnc3N2)CC1. The molecule has 0 amide bonds. The minimum absolute atomic E-state index is 0.140. The molecular formula is C22H23N5O2S2. The second kappa shape index (κ2) is 7.29. The fourth-order valence-corrected chi connectivity index (χ4v) is 6.96. The van der Waals surface area contributed by atoms with E-state index in [1.54, 1.807) is 15.6 Å². The lowest BCUT2D eigenvalue weighted by atomic mass is 9.98. The number of aromatic nitrogens is 2. The normalized spacial score (nSPS) is 21.5. The van der Waals surface area contributed by atoms with Crippen molar-refractivity contribution in [3.8, 4) is 0 Å². The van der Waals surface area contributed by atoms with Gasteiger partial charge in [0.05, 0.1) is 27.0 Å². The zero-order valence-electron chi connectivity index (χ0n) is 16.9. The zero-order chi connectivity index (χ0) is 21.0. The average molecular weight is 454 g/mol. The van der Waals surface area contributed by atoms with Gasteiger partial charge >= 0.3 is 0 Å².